The van der Waals surface area contributed by atoms with Gasteiger partial charge in [0.15, 0.2) is 0 Å². The van der Waals surface area contributed by atoms with Gasteiger partial charge in [0, 0.05) is 29.9 Å². The molecule has 0 aromatic carbocycles. The van der Waals surface area contributed by atoms with Gasteiger partial charge in [0.1, 0.15) is 0 Å². The second-order valence-corrected chi connectivity index (χ2v) is 7.06. The zero-order valence-corrected chi connectivity index (χ0v) is 13.3. The van der Waals surface area contributed by atoms with Crippen LogP contribution in [-0.2, 0) is 11.3 Å². The van der Waals surface area contributed by atoms with Gasteiger partial charge < -0.3 is 15.0 Å². The first-order valence-corrected chi connectivity index (χ1v) is 8.12. The summed E-state index contributed by atoms with van der Waals surface area (Å²) in [5.41, 5.74) is 0. The Morgan fingerprint density at radius 2 is 2.32 bits per heavy atom. The number of nitrogens with one attached hydrogen (secondary N) is 1. The molecule has 5 heteroatoms. The number of hydrogen-bond acceptors (Lipinski definition) is 4. The lowest BCUT2D eigenvalue weighted by atomic mass is 10.0. The Kier molecular flexibility index (Phi) is 6.10. The van der Waals surface area contributed by atoms with E-state index in [1.54, 1.807) is 11.3 Å². The van der Waals surface area contributed by atoms with Crippen LogP contribution in [0.25, 0.3) is 0 Å². The summed E-state index contributed by atoms with van der Waals surface area (Å²) in [6.45, 7) is 7.03. The maximum Gasteiger partial charge on any atom is 0.0931 e. The molecule has 108 valence electrons. The van der Waals surface area contributed by atoms with Gasteiger partial charge in [0.05, 0.1) is 17.6 Å². The van der Waals surface area contributed by atoms with Crippen LogP contribution < -0.4 is 5.32 Å². The maximum atomic E-state index is 5.96. The number of ether oxygens (including phenoxy) is 1. The molecule has 1 saturated heterocycles. The molecule has 3 nitrogen and oxygen atoms in total. The zero-order valence-electron chi connectivity index (χ0n) is 11.7. The summed E-state index contributed by atoms with van der Waals surface area (Å²) in [4.78, 5) is 3.69. The molecule has 0 saturated carbocycles. The van der Waals surface area contributed by atoms with Crippen LogP contribution in [-0.4, -0.2) is 44.3 Å². The summed E-state index contributed by atoms with van der Waals surface area (Å²) >= 11 is 7.63. The van der Waals surface area contributed by atoms with E-state index in [2.05, 4.69) is 30.3 Å². The van der Waals surface area contributed by atoms with E-state index in [1.807, 2.05) is 6.07 Å². The van der Waals surface area contributed by atoms with Gasteiger partial charge >= 0.3 is 0 Å². The minimum absolute atomic E-state index is 0.509. The third-order valence-corrected chi connectivity index (χ3v) is 4.67. The lowest BCUT2D eigenvalue weighted by Gasteiger charge is -2.24. The molecule has 1 aliphatic rings. The lowest BCUT2D eigenvalue weighted by molar-refractivity contribution is 0.172. The maximum absolute atomic E-state index is 5.96. The third-order valence-electron chi connectivity index (χ3n) is 3.46. The molecule has 1 aromatic heterocycles. The second kappa shape index (κ2) is 7.60. The third kappa shape index (κ3) is 4.72. The number of thiophene rings is 1. The van der Waals surface area contributed by atoms with Crippen molar-refractivity contribution in [2.24, 2.45) is 5.92 Å². The molecule has 0 radical (unpaired) electrons. The molecule has 2 rings (SSSR count). The number of rotatable bonds is 7. The van der Waals surface area contributed by atoms with Gasteiger partial charge in [-0.1, -0.05) is 18.5 Å². The van der Waals surface area contributed by atoms with Crippen molar-refractivity contribution >= 4 is 22.9 Å². The first-order valence-electron chi connectivity index (χ1n) is 6.93. The van der Waals surface area contributed by atoms with Gasteiger partial charge in [0.2, 0.25) is 0 Å². The fourth-order valence-corrected chi connectivity index (χ4v) is 3.67. The Balaban J connectivity index is 1.79. The largest absolute Gasteiger partial charge is 0.379 e. The van der Waals surface area contributed by atoms with Crippen LogP contribution in [0, 0.1) is 5.92 Å². The minimum atomic E-state index is 0.509. The van der Waals surface area contributed by atoms with E-state index in [0.29, 0.717) is 12.0 Å². The molecule has 2 unspecified atom stereocenters. The summed E-state index contributed by atoms with van der Waals surface area (Å²) < 4.78 is 6.48. The smallest absolute Gasteiger partial charge is 0.0931 e. The Labute approximate surface area is 124 Å². The molecule has 1 fully saturated rings. The van der Waals surface area contributed by atoms with E-state index in [4.69, 9.17) is 16.3 Å². The summed E-state index contributed by atoms with van der Waals surface area (Å²) in [7, 11) is 2.17. The van der Waals surface area contributed by atoms with E-state index < -0.39 is 0 Å². The minimum Gasteiger partial charge on any atom is -0.379 e. The Morgan fingerprint density at radius 3 is 3.00 bits per heavy atom. The molecule has 1 aliphatic heterocycles. The summed E-state index contributed by atoms with van der Waals surface area (Å²) in [5.74, 6) is 0.590. The summed E-state index contributed by atoms with van der Waals surface area (Å²) in [5, 5.41) is 3.58. The first kappa shape index (κ1) is 15.3. The van der Waals surface area contributed by atoms with Gasteiger partial charge in [-0.2, -0.15) is 0 Å². The van der Waals surface area contributed by atoms with E-state index in [0.717, 1.165) is 37.2 Å². The summed E-state index contributed by atoms with van der Waals surface area (Å²) in [6.07, 6.45) is 1.17. The fraction of sp³-hybridized carbons (Fsp3) is 0.714. The predicted molar refractivity (Wildman–Crippen MR) is 82.1 cm³/mol. The summed E-state index contributed by atoms with van der Waals surface area (Å²) in [6, 6.07) is 4.59. The van der Waals surface area contributed by atoms with Gasteiger partial charge in [-0.15, -0.1) is 11.3 Å². The normalized spacial score (nSPS) is 23.4. The highest BCUT2D eigenvalue weighted by molar-refractivity contribution is 7.16. The SMILES string of the molecule is CCCNC1COCC1CN(C)Cc1ccc(Cl)s1. The highest BCUT2D eigenvalue weighted by atomic mass is 35.5. The van der Waals surface area contributed by atoms with Crippen molar-refractivity contribution in [3.05, 3.63) is 21.3 Å². The predicted octanol–water partition coefficient (Wildman–Crippen LogP) is 2.85. The average Bonchev–Trinajstić information content (AvgIpc) is 2.96. The van der Waals surface area contributed by atoms with Crippen molar-refractivity contribution in [3.8, 4) is 0 Å². The molecule has 0 spiro atoms. The topological polar surface area (TPSA) is 24.5 Å². The quantitative estimate of drug-likeness (QED) is 0.838. The molecular formula is C14H23ClN2OS. The number of nitrogens with zero attached hydrogens (tertiary/aromatic N) is 1. The molecule has 1 aromatic rings. The van der Waals surface area contributed by atoms with E-state index in [9.17, 15) is 0 Å². The number of halogens is 1. The molecule has 1 N–H and O–H groups in total. The molecule has 2 heterocycles. The van der Waals surface area contributed by atoms with Gasteiger partial charge in [-0.05, 0) is 32.1 Å². The highest BCUT2D eigenvalue weighted by Gasteiger charge is 2.28. The van der Waals surface area contributed by atoms with Gasteiger partial charge in [0.25, 0.3) is 0 Å². The van der Waals surface area contributed by atoms with Crippen molar-refractivity contribution in [3.63, 3.8) is 0 Å². The van der Waals surface area contributed by atoms with Crippen LogP contribution in [0.2, 0.25) is 4.34 Å². The first-order chi connectivity index (χ1) is 9.19. The van der Waals surface area contributed by atoms with Crippen molar-refractivity contribution in [1.82, 2.24) is 10.2 Å². The molecule has 0 bridgehead atoms. The molecular weight excluding hydrogens is 280 g/mol. The van der Waals surface area contributed by atoms with Crippen LogP contribution in [0.1, 0.15) is 18.2 Å². The standard InChI is InChI=1S/C14H23ClN2OS/c1-3-6-16-13-10-18-9-11(13)7-17(2)8-12-4-5-14(15)19-12/h4-5,11,13,16H,3,6-10H2,1-2H3. The van der Waals surface area contributed by atoms with Crippen LogP contribution in [0.15, 0.2) is 12.1 Å². The van der Waals surface area contributed by atoms with Crippen LogP contribution in [0.5, 0.6) is 0 Å². The van der Waals surface area contributed by atoms with Gasteiger partial charge in [-0.25, -0.2) is 0 Å². The van der Waals surface area contributed by atoms with Gasteiger partial charge in [-0.3, -0.25) is 0 Å². The van der Waals surface area contributed by atoms with Crippen molar-refractivity contribution in [1.29, 1.82) is 0 Å². The Morgan fingerprint density at radius 1 is 1.47 bits per heavy atom. The monoisotopic (exact) mass is 302 g/mol. The molecule has 19 heavy (non-hydrogen) atoms. The van der Waals surface area contributed by atoms with Crippen LogP contribution in [0.3, 0.4) is 0 Å². The lowest BCUT2D eigenvalue weighted by Crippen LogP contribution is -2.40. The Hall–Kier alpha value is -0.130. The van der Waals surface area contributed by atoms with Crippen molar-refractivity contribution in [2.45, 2.75) is 25.9 Å². The average molecular weight is 303 g/mol. The molecule has 2 atom stereocenters. The zero-order chi connectivity index (χ0) is 13.7. The fourth-order valence-electron chi connectivity index (χ4n) is 2.50. The van der Waals surface area contributed by atoms with E-state index >= 15 is 0 Å². The number of hydrogen-bond donors (Lipinski definition) is 1. The molecule has 0 aliphatic carbocycles. The van der Waals surface area contributed by atoms with Crippen LogP contribution in [0.4, 0.5) is 0 Å². The molecule has 0 amide bonds. The second-order valence-electron chi connectivity index (χ2n) is 5.26. The van der Waals surface area contributed by atoms with Crippen molar-refractivity contribution in [2.75, 3.05) is 33.4 Å². The van der Waals surface area contributed by atoms with E-state index in [-0.39, 0.29) is 0 Å². The van der Waals surface area contributed by atoms with Crippen LogP contribution >= 0.6 is 22.9 Å². The highest BCUT2D eigenvalue weighted by Crippen LogP contribution is 2.23. The van der Waals surface area contributed by atoms with Crippen molar-refractivity contribution < 1.29 is 4.74 Å². The van der Waals surface area contributed by atoms with E-state index in [1.165, 1.54) is 11.3 Å². The Bertz CT molecular complexity index is 385.